The van der Waals surface area contributed by atoms with E-state index in [1.54, 1.807) is 0 Å². The van der Waals surface area contributed by atoms with Crippen molar-refractivity contribution in [3.8, 4) is 12.3 Å². The van der Waals surface area contributed by atoms with Crippen molar-refractivity contribution in [3.05, 3.63) is 0 Å². The van der Waals surface area contributed by atoms with Crippen LogP contribution in [0.4, 0.5) is 0 Å². The lowest BCUT2D eigenvalue weighted by Gasteiger charge is -2.24. The summed E-state index contributed by atoms with van der Waals surface area (Å²) in [7, 11) is 0. The summed E-state index contributed by atoms with van der Waals surface area (Å²) in [6.07, 6.45) is 9.49. The SMILES string of the molecule is C#CCCCC(=O)N1CC(O)CC1CCC. The summed E-state index contributed by atoms with van der Waals surface area (Å²) in [5.41, 5.74) is 0. The molecule has 3 nitrogen and oxygen atoms in total. The second-order valence-corrected chi connectivity index (χ2v) is 4.44. The number of carbonyl (C=O) groups excluding carboxylic acids is 1. The van der Waals surface area contributed by atoms with Gasteiger partial charge < -0.3 is 10.0 Å². The molecule has 1 aliphatic heterocycles. The quantitative estimate of drug-likeness (QED) is 0.567. The molecule has 0 aromatic rings. The largest absolute Gasteiger partial charge is 0.391 e. The van der Waals surface area contributed by atoms with Gasteiger partial charge in [-0.05, 0) is 19.3 Å². The standard InChI is InChI=1S/C13H21NO2/c1-3-5-6-8-13(16)14-10-12(15)9-11(14)7-4-2/h1,11-12,15H,4-10H2,2H3. The molecule has 0 spiro atoms. The van der Waals surface area contributed by atoms with E-state index in [0.717, 1.165) is 25.7 Å². The zero-order chi connectivity index (χ0) is 12.0. The zero-order valence-electron chi connectivity index (χ0n) is 9.98. The topological polar surface area (TPSA) is 40.5 Å². The minimum absolute atomic E-state index is 0.144. The van der Waals surface area contributed by atoms with E-state index in [9.17, 15) is 9.90 Å². The van der Waals surface area contributed by atoms with Gasteiger partial charge in [0.2, 0.25) is 5.91 Å². The molecule has 0 aliphatic carbocycles. The van der Waals surface area contributed by atoms with Gasteiger partial charge in [0.05, 0.1) is 6.10 Å². The minimum atomic E-state index is -0.340. The van der Waals surface area contributed by atoms with Crippen molar-refractivity contribution in [1.82, 2.24) is 4.90 Å². The van der Waals surface area contributed by atoms with Gasteiger partial charge in [0, 0.05) is 25.4 Å². The fraction of sp³-hybridized carbons (Fsp3) is 0.769. The number of β-amino-alcohol motifs (C(OH)–C–C–N with tert-alkyl or cyclic N) is 1. The first-order valence-corrected chi connectivity index (χ1v) is 6.10. The zero-order valence-corrected chi connectivity index (χ0v) is 9.98. The smallest absolute Gasteiger partial charge is 0.222 e. The third-order valence-electron chi connectivity index (χ3n) is 3.05. The Morgan fingerprint density at radius 3 is 3.00 bits per heavy atom. The van der Waals surface area contributed by atoms with E-state index in [4.69, 9.17) is 6.42 Å². The Bertz CT molecular complexity index is 270. The van der Waals surface area contributed by atoms with Gasteiger partial charge in [0.25, 0.3) is 0 Å². The van der Waals surface area contributed by atoms with Gasteiger partial charge >= 0.3 is 0 Å². The summed E-state index contributed by atoms with van der Waals surface area (Å²) in [5, 5.41) is 9.59. The molecule has 0 aromatic heterocycles. The molecule has 0 radical (unpaired) electrons. The Morgan fingerprint density at radius 2 is 2.38 bits per heavy atom. The number of aliphatic hydroxyl groups excluding tert-OH is 1. The Kier molecular flexibility index (Phi) is 5.34. The van der Waals surface area contributed by atoms with E-state index in [-0.39, 0.29) is 18.1 Å². The van der Waals surface area contributed by atoms with Crippen molar-refractivity contribution in [2.75, 3.05) is 6.54 Å². The molecule has 16 heavy (non-hydrogen) atoms. The number of carbonyl (C=O) groups is 1. The lowest BCUT2D eigenvalue weighted by Crippen LogP contribution is -2.35. The number of terminal acetylenes is 1. The van der Waals surface area contributed by atoms with Gasteiger partial charge in [-0.25, -0.2) is 0 Å². The van der Waals surface area contributed by atoms with Crippen molar-refractivity contribution in [2.24, 2.45) is 0 Å². The van der Waals surface area contributed by atoms with Gasteiger partial charge in [-0.2, -0.15) is 0 Å². The summed E-state index contributed by atoms with van der Waals surface area (Å²) >= 11 is 0. The predicted molar refractivity (Wildman–Crippen MR) is 63.7 cm³/mol. The normalized spacial score (nSPS) is 24.4. The highest BCUT2D eigenvalue weighted by molar-refractivity contribution is 5.76. The second kappa shape index (κ2) is 6.55. The molecule has 1 rings (SSSR count). The monoisotopic (exact) mass is 223 g/mol. The molecule has 2 atom stereocenters. The molecule has 1 N–H and O–H groups in total. The van der Waals surface area contributed by atoms with Gasteiger partial charge in [-0.3, -0.25) is 4.79 Å². The highest BCUT2D eigenvalue weighted by atomic mass is 16.3. The van der Waals surface area contributed by atoms with Crippen molar-refractivity contribution < 1.29 is 9.90 Å². The van der Waals surface area contributed by atoms with E-state index in [1.807, 2.05) is 4.90 Å². The van der Waals surface area contributed by atoms with Crippen molar-refractivity contribution in [2.45, 2.75) is 57.6 Å². The van der Waals surface area contributed by atoms with Crippen LogP contribution in [0.3, 0.4) is 0 Å². The summed E-state index contributed by atoms with van der Waals surface area (Å²) in [6, 6.07) is 0.235. The number of aliphatic hydroxyl groups is 1. The molecule has 90 valence electrons. The first-order valence-electron chi connectivity index (χ1n) is 6.10. The first-order chi connectivity index (χ1) is 7.69. The van der Waals surface area contributed by atoms with E-state index in [0.29, 0.717) is 19.4 Å². The number of rotatable bonds is 5. The molecule has 0 saturated carbocycles. The first kappa shape index (κ1) is 13.1. The number of unbranched alkanes of at least 4 members (excludes halogenated alkanes) is 1. The second-order valence-electron chi connectivity index (χ2n) is 4.44. The van der Waals surface area contributed by atoms with E-state index >= 15 is 0 Å². The molecule has 3 heteroatoms. The van der Waals surface area contributed by atoms with Gasteiger partial charge in [0.15, 0.2) is 0 Å². The van der Waals surface area contributed by atoms with Crippen LogP contribution >= 0.6 is 0 Å². The summed E-state index contributed by atoms with van der Waals surface area (Å²) < 4.78 is 0. The Balaban J connectivity index is 2.43. The fourth-order valence-electron chi connectivity index (χ4n) is 2.29. The summed E-state index contributed by atoms with van der Waals surface area (Å²) in [6.45, 7) is 2.60. The number of nitrogens with zero attached hydrogens (tertiary/aromatic N) is 1. The van der Waals surface area contributed by atoms with Crippen LogP contribution < -0.4 is 0 Å². The molecular weight excluding hydrogens is 202 g/mol. The predicted octanol–water partition coefficient (Wildman–Crippen LogP) is 1.55. The summed E-state index contributed by atoms with van der Waals surface area (Å²) in [5.74, 6) is 2.68. The Labute approximate surface area is 97.8 Å². The number of hydrogen-bond acceptors (Lipinski definition) is 2. The van der Waals surface area contributed by atoms with Gasteiger partial charge in [-0.15, -0.1) is 12.3 Å². The Hall–Kier alpha value is -1.01. The van der Waals surface area contributed by atoms with Crippen molar-refractivity contribution in [1.29, 1.82) is 0 Å². The fourth-order valence-corrected chi connectivity index (χ4v) is 2.29. The average Bonchev–Trinajstić information content (AvgIpc) is 2.60. The molecule has 0 aromatic carbocycles. The van der Waals surface area contributed by atoms with Crippen LogP contribution in [0.25, 0.3) is 0 Å². The molecule has 1 amide bonds. The molecule has 1 heterocycles. The highest BCUT2D eigenvalue weighted by Crippen LogP contribution is 2.23. The van der Waals surface area contributed by atoms with Crippen LogP contribution in [-0.4, -0.2) is 34.6 Å². The Morgan fingerprint density at radius 1 is 1.62 bits per heavy atom. The maximum atomic E-state index is 11.9. The van der Waals surface area contributed by atoms with Crippen LogP contribution in [0.5, 0.6) is 0 Å². The highest BCUT2D eigenvalue weighted by Gasteiger charge is 2.32. The molecule has 1 fully saturated rings. The van der Waals surface area contributed by atoms with Gasteiger partial charge in [0.1, 0.15) is 0 Å². The van der Waals surface area contributed by atoms with Crippen molar-refractivity contribution in [3.63, 3.8) is 0 Å². The summed E-state index contributed by atoms with van der Waals surface area (Å²) in [4.78, 5) is 13.7. The molecular formula is C13H21NO2. The van der Waals surface area contributed by atoms with Gasteiger partial charge in [-0.1, -0.05) is 13.3 Å². The molecule has 1 aliphatic rings. The number of hydrogen-bond donors (Lipinski definition) is 1. The maximum Gasteiger partial charge on any atom is 0.222 e. The van der Waals surface area contributed by atoms with Crippen LogP contribution in [0.1, 0.15) is 45.4 Å². The maximum absolute atomic E-state index is 11.9. The molecule has 1 saturated heterocycles. The lowest BCUT2D eigenvalue weighted by molar-refractivity contribution is -0.132. The number of amides is 1. The number of likely N-dealkylation sites (tertiary alicyclic amines) is 1. The molecule has 0 bridgehead atoms. The third-order valence-corrected chi connectivity index (χ3v) is 3.05. The van der Waals surface area contributed by atoms with Crippen LogP contribution in [-0.2, 0) is 4.79 Å². The van der Waals surface area contributed by atoms with Crippen LogP contribution in [0.2, 0.25) is 0 Å². The van der Waals surface area contributed by atoms with E-state index in [2.05, 4.69) is 12.8 Å². The minimum Gasteiger partial charge on any atom is -0.391 e. The van der Waals surface area contributed by atoms with Crippen LogP contribution in [0.15, 0.2) is 0 Å². The van der Waals surface area contributed by atoms with E-state index < -0.39 is 0 Å². The lowest BCUT2D eigenvalue weighted by atomic mass is 10.1. The van der Waals surface area contributed by atoms with E-state index in [1.165, 1.54) is 0 Å². The molecule has 2 unspecified atom stereocenters. The van der Waals surface area contributed by atoms with Crippen molar-refractivity contribution >= 4 is 5.91 Å². The van der Waals surface area contributed by atoms with Crippen LogP contribution in [0, 0.1) is 12.3 Å². The third kappa shape index (κ3) is 3.53. The average molecular weight is 223 g/mol.